The third-order valence-corrected chi connectivity index (χ3v) is 7.02. The van der Waals surface area contributed by atoms with Gasteiger partial charge in [0.05, 0.1) is 18.8 Å². The third-order valence-electron chi connectivity index (χ3n) is 7.02. The molecule has 0 radical (unpaired) electrons. The van der Waals surface area contributed by atoms with Crippen LogP contribution in [-0.4, -0.2) is 37.3 Å². The number of fused-ring (bicyclic) bond motifs is 1. The van der Waals surface area contributed by atoms with Gasteiger partial charge >= 0.3 is 0 Å². The molecule has 1 aliphatic heterocycles. The highest BCUT2D eigenvalue weighted by molar-refractivity contribution is 5.98. The van der Waals surface area contributed by atoms with Crippen molar-refractivity contribution >= 4 is 11.6 Å². The van der Waals surface area contributed by atoms with Crippen LogP contribution in [0.1, 0.15) is 67.6 Å². The molecule has 0 bridgehead atoms. The number of morpholine rings is 1. The molecule has 0 saturated carbocycles. The number of hydrogen-bond acceptors (Lipinski definition) is 5. The standard InChI is InChI=1S/C26H34N2O4/c1-25(2)9-10-26(3,4)20-15-17(5-7-19(20)25)16-32-21-8-6-18(24(27)30)23(29)22(21)28-11-13-31-14-12-28/h5-8,15,29H,9-14,16H2,1-4H3,(H2,27,30). The molecule has 1 fully saturated rings. The third kappa shape index (κ3) is 4.16. The van der Waals surface area contributed by atoms with Crippen LogP contribution < -0.4 is 15.4 Å². The van der Waals surface area contributed by atoms with Crippen molar-refractivity contribution in [2.45, 2.75) is 58.0 Å². The lowest BCUT2D eigenvalue weighted by atomic mass is 9.63. The topological polar surface area (TPSA) is 85.0 Å². The number of benzene rings is 2. The highest BCUT2D eigenvalue weighted by Gasteiger charge is 2.37. The number of nitrogens with two attached hydrogens (primary N) is 1. The average Bonchev–Trinajstić information content (AvgIpc) is 2.76. The molecule has 1 aliphatic carbocycles. The fraction of sp³-hybridized carbons (Fsp3) is 0.500. The second-order valence-electron chi connectivity index (χ2n) is 10.2. The van der Waals surface area contributed by atoms with Crippen LogP contribution in [0.5, 0.6) is 11.5 Å². The zero-order valence-corrected chi connectivity index (χ0v) is 19.5. The van der Waals surface area contributed by atoms with Gasteiger partial charge in [0.15, 0.2) is 5.75 Å². The summed E-state index contributed by atoms with van der Waals surface area (Å²) in [5, 5.41) is 10.8. The van der Waals surface area contributed by atoms with Crippen molar-refractivity contribution in [1.82, 2.24) is 0 Å². The van der Waals surface area contributed by atoms with Gasteiger partial charge in [-0.1, -0.05) is 45.9 Å². The van der Waals surface area contributed by atoms with Crippen molar-refractivity contribution in [2.75, 3.05) is 31.2 Å². The number of amides is 1. The molecule has 3 N–H and O–H groups in total. The van der Waals surface area contributed by atoms with Gasteiger partial charge in [-0.2, -0.15) is 0 Å². The summed E-state index contributed by atoms with van der Waals surface area (Å²) in [6.45, 7) is 11.9. The van der Waals surface area contributed by atoms with Crippen molar-refractivity contribution in [2.24, 2.45) is 5.73 Å². The van der Waals surface area contributed by atoms with Crippen LogP contribution in [0.2, 0.25) is 0 Å². The lowest BCUT2D eigenvalue weighted by molar-refractivity contribution is 0.0997. The number of anilines is 1. The molecule has 172 valence electrons. The molecular formula is C26H34N2O4. The Hall–Kier alpha value is -2.73. The van der Waals surface area contributed by atoms with Crippen molar-refractivity contribution in [3.05, 3.63) is 52.6 Å². The zero-order chi connectivity index (χ0) is 23.1. The van der Waals surface area contributed by atoms with Crippen molar-refractivity contribution < 1.29 is 19.4 Å². The van der Waals surface area contributed by atoms with E-state index in [1.165, 1.54) is 23.6 Å². The highest BCUT2D eigenvalue weighted by atomic mass is 16.5. The van der Waals surface area contributed by atoms with Gasteiger partial charge in [0, 0.05) is 13.1 Å². The molecule has 0 spiro atoms. The molecule has 1 heterocycles. The molecule has 2 aromatic carbocycles. The molecule has 0 aromatic heterocycles. The summed E-state index contributed by atoms with van der Waals surface area (Å²) in [6.07, 6.45) is 2.33. The SMILES string of the molecule is CC1(C)CCC(C)(C)c2cc(COc3ccc(C(N)=O)c(O)c3N3CCOCC3)ccc21. The largest absolute Gasteiger partial charge is 0.505 e. The molecule has 6 nitrogen and oxygen atoms in total. The van der Waals surface area contributed by atoms with E-state index in [2.05, 4.69) is 45.9 Å². The second kappa shape index (κ2) is 8.32. The van der Waals surface area contributed by atoms with E-state index in [0.29, 0.717) is 44.3 Å². The van der Waals surface area contributed by atoms with Crippen LogP contribution in [0, 0.1) is 0 Å². The summed E-state index contributed by atoms with van der Waals surface area (Å²) in [5.74, 6) is -0.264. The van der Waals surface area contributed by atoms with Gasteiger partial charge in [0.1, 0.15) is 18.0 Å². The van der Waals surface area contributed by atoms with Crippen molar-refractivity contribution in [3.63, 3.8) is 0 Å². The predicted octanol–water partition coefficient (Wildman–Crippen LogP) is 4.26. The van der Waals surface area contributed by atoms with Crippen molar-refractivity contribution in [3.8, 4) is 11.5 Å². The Bertz CT molecular complexity index is 1020. The Morgan fingerprint density at radius 1 is 1.06 bits per heavy atom. The van der Waals surface area contributed by atoms with Gasteiger partial charge in [-0.15, -0.1) is 0 Å². The van der Waals surface area contributed by atoms with Gasteiger partial charge < -0.3 is 25.2 Å². The number of rotatable bonds is 5. The molecular weight excluding hydrogens is 404 g/mol. The number of carbonyl (C=O) groups excluding carboxylic acids is 1. The number of nitrogens with zero attached hydrogens (tertiary/aromatic N) is 1. The van der Waals surface area contributed by atoms with Gasteiger partial charge in [0.2, 0.25) is 0 Å². The quantitative estimate of drug-likeness (QED) is 0.729. The monoisotopic (exact) mass is 438 g/mol. The van der Waals surface area contributed by atoms with Crippen LogP contribution in [0.3, 0.4) is 0 Å². The number of ether oxygens (including phenoxy) is 2. The molecule has 32 heavy (non-hydrogen) atoms. The maximum atomic E-state index is 11.8. The normalized spacial score (nSPS) is 19.3. The number of phenols is 1. The van der Waals surface area contributed by atoms with Crippen LogP contribution in [0.4, 0.5) is 5.69 Å². The van der Waals surface area contributed by atoms with E-state index in [1.54, 1.807) is 6.07 Å². The first-order valence-corrected chi connectivity index (χ1v) is 11.4. The summed E-state index contributed by atoms with van der Waals surface area (Å²) in [4.78, 5) is 13.8. The molecule has 0 unspecified atom stereocenters. The minimum Gasteiger partial charge on any atom is -0.505 e. The molecule has 2 aliphatic rings. The summed E-state index contributed by atoms with van der Waals surface area (Å²) in [7, 11) is 0. The molecule has 6 heteroatoms. The first-order chi connectivity index (χ1) is 15.1. The fourth-order valence-corrected chi connectivity index (χ4v) is 4.86. The van der Waals surface area contributed by atoms with Crippen LogP contribution in [0.15, 0.2) is 30.3 Å². The van der Waals surface area contributed by atoms with E-state index in [-0.39, 0.29) is 22.1 Å². The first kappa shape index (κ1) is 22.5. The number of carbonyl (C=O) groups is 1. The van der Waals surface area contributed by atoms with Gasteiger partial charge in [-0.05, 0) is 52.5 Å². The Balaban J connectivity index is 1.64. The number of primary amides is 1. The van der Waals surface area contributed by atoms with Crippen molar-refractivity contribution in [1.29, 1.82) is 0 Å². The van der Waals surface area contributed by atoms with E-state index in [0.717, 1.165) is 12.0 Å². The zero-order valence-electron chi connectivity index (χ0n) is 19.5. The van der Waals surface area contributed by atoms with E-state index in [4.69, 9.17) is 15.2 Å². The molecule has 4 rings (SSSR count). The smallest absolute Gasteiger partial charge is 0.252 e. The summed E-state index contributed by atoms with van der Waals surface area (Å²) >= 11 is 0. The summed E-state index contributed by atoms with van der Waals surface area (Å²) in [6, 6.07) is 9.88. The van der Waals surface area contributed by atoms with E-state index >= 15 is 0 Å². The van der Waals surface area contributed by atoms with E-state index < -0.39 is 5.91 Å². The molecule has 0 atom stereocenters. The van der Waals surface area contributed by atoms with Crippen LogP contribution in [-0.2, 0) is 22.2 Å². The second-order valence-corrected chi connectivity index (χ2v) is 10.2. The van der Waals surface area contributed by atoms with Gasteiger partial charge in [0.25, 0.3) is 5.91 Å². The minimum absolute atomic E-state index is 0.0941. The van der Waals surface area contributed by atoms with Crippen LogP contribution in [0.25, 0.3) is 0 Å². The van der Waals surface area contributed by atoms with Gasteiger partial charge in [-0.25, -0.2) is 0 Å². The molecule has 1 saturated heterocycles. The highest BCUT2D eigenvalue weighted by Crippen LogP contribution is 2.46. The maximum Gasteiger partial charge on any atom is 0.252 e. The summed E-state index contributed by atoms with van der Waals surface area (Å²) < 4.78 is 11.6. The number of hydrogen-bond donors (Lipinski definition) is 2. The Morgan fingerprint density at radius 2 is 1.72 bits per heavy atom. The Labute approximate surface area is 190 Å². The Morgan fingerprint density at radius 3 is 2.38 bits per heavy atom. The average molecular weight is 439 g/mol. The van der Waals surface area contributed by atoms with Gasteiger partial charge in [-0.3, -0.25) is 4.79 Å². The fourth-order valence-electron chi connectivity index (χ4n) is 4.86. The van der Waals surface area contributed by atoms with E-state index in [1.807, 2.05) is 4.90 Å². The maximum absolute atomic E-state index is 11.8. The molecule has 2 aromatic rings. The first-order valence-electron chi connectivity index (χ1n) is 11.4. The Kier molecular flexibility index (Phi) is 5.84. The number of aromatic hydroxyl groups is 1. The van der Waals surface area contributed by atoms with Crippen LogP contribution >= 0.6 is 0 Å². The van der Waals surface area contributed by atoms with E-state index in [9.17, 15) is 9.90 Å². The predicted molar refractivity (Wildman–Crippen MR) is 126 cm³/mol. The summed E-state index contributed by atoms with van der Waals surface area (Å²) in [5.41, 5.74) is 10.2. The molecule has 1 amide bonds. The minimum atomic E-state index is -0.664. The lowest BCUT2D eigenvalue weighted by Crippen LogP contribution is -2.36. The lowest BCUT2D eigenvalue weighted by Gasteiger charge is -2.42.